The third-order valence-corrected chi connectivity index (χ3v) is 2.48. The van der Waals surface area contributed by atoms with Crippen LogP contribution in [0.2, 0.25) is 0 Å². The molecule has 1 N–H and O–H groups in total. The van der Waals surface area contributed by atoms with Crippen molar-refractivity contribution in [1.82, 2.24) is 0 Å². The van der Waals surface area contributed by atoms with Crippen LogP contribution in [-0.4, -0.2) is 24.8 Å². The average Bonchev–Trinajstić information content (AvgIpc) is 2.29. The number of aliphatic hydroxyl groups is 1. The summed E-state index contributed by atoms with van der Waals surface area (Å²) in [5.41, 5.74) is 3.49. The highest BCUT2D eigenvalue weighted by molar-refractivity contribution is 5.90. The molecule has 0 amide bonds. The Hall–Kier alpha value is -1.61. The molecule has 0 spiro atoms. The van der Waals surface area contributed by atoms with Crippen LogP contribution >= 0.6 is 0 Å². The van der Waals surface area contributed by atoms with E-state index in [4.69, 9.17) is 5.11 Å². The van der Waals surface area contributed by atoms with Gasteiger partial charge in [0.2, 0.25) is 0 Å². The van der Waals surface area contributed by atoms with E-state index in [0.29, 0.717) is 5.56 Å². The van der Waals surface area contributed by atoms with Crippen molar-refractivity contribution in [1.29, 1.82) is 0 Å². The third kappa shape index (κ3) is 2.70. The van der Waals surface area contributed by atoms with E-state index < -0.39 is 0 Å². The summed E-state index contributed by atoms with van der Waals surface area (Å²) in [5.74, 6) is -0.349. The standard InChI is InChI=1S/C13H16O3/c1-9-4-5-11(13(15)16-3)8-12(9)10(2)6-7-14/h4-6,8,14H,7H2,1-3H3/b10-6-. The van der Waals surface area contributed by atoms with Gasteiger partial charge in [-0.3, -0.25) is 0 Å². The maximum atomic E-state index is 11.4. The first kappa shape index (κ1) is 12.5. The highest BCUT2D eigenvalue weighted by atomic mass is 16.5. The van der Waals surface area contributed by atoms with Crippen molar-refractivity contribution in [3.05, 3.63) is 41.0 Å². The van der Waals surface area contributed by atoms with Gasteiger partial charge in [0, 0.05) is 0 Å². The second-order valence-electron chi connectivity index (χ2n) is 3.59. The summed E-state index contributed by atoms with van der Waals surface area (Å²) in [5, 5.41) is 8.85. The van der Waals surface area contributed by atoms with Gasteiger partial charge in [0.15, 0.2) is 0 Å². The van der Waals surface area contributed by atoms with Crippen LogP contribution in [0, 0.1) is 6.92 Å². The lowest BCUT2D eigenvalue weighted by molar-refractivity contribution is 0.0600. The normalized spacial score (nSPS) is 11.4. The quantitative estimate of drug-likeness (QED) is 0.794. The largest absolute Gasteiger partial charge is 0.465 e. The number of hydrogen-bond donors (Lipinski definition) is 1. The number of allylic oxidation sites excluding steroid dienone is 1. The fourth-order valence-corrected chi connectivity index (χ4v) is 1.54. The fourth-order valence-electron chi connectivity index (χ4n) is 1.54. The number of ether oxygens (including phenoxy) is 1. The second kappa shape index (κ2) is 5.47. The van der Waals surface area contributed by atoms with Gasteiger partial charge >= 0.3 is 5.97 Å². The summed E-state index contributed by atoms with van der Waals surface area (Å²) in [6.07, 6.45) is 1.71. The van der Waals surface area contributed by atoms with Crippen LogP contribution < -0.4 is 0 Å². The van der Waals surface area contributed by atoms with Crippen molar-refractivity contribution in [2.75, 3.05) is 13.7 Å². The molecule has 0 aliphatic heterocycles. The third-order valence-electron chi connectivity index (χ3n) is 2.48. The molecule has 0 radical (unpaired) electrons. The molecule has 0 fully saturated rings. The number of carbonyl (C=O) groups is 1. The molecule has 0 aliphatic carbocycles. The minimum absolute atomic E-state index is 0.00623. The molecule has 1 aromatic rings. The predicted octanol–water partition coefficient (Wildman–Crippen LogP) is 2.18. The topological polar surface area (TPSA) is 46.5 Å². The van der Waals surface area contributed by atoms with Crippen molar-refractivity contribution in [3.8, 4) is 0 Å². The van der Waals surface area contributed by atoms with Crippen molar-refractivity contribution < 1.29 is 14.6 Å². The zero-order valence-electron chi connectivity index (χ0n) is 9.78. The van der Waals surface area contributed by atoms with Crippen LogP contribution in [0.15, 0.2) is 24.3 Å². The lowest BCUT2D eigenvalue weighted by Gasteiger charge is -2.08. The number of hydrogen-bond acceptors (Lipinski definition) is 3. The molecule has 0 unspecified atom stereocenters. The summed E-state index contributed by atoms with van der Waals surface area (Å²) in [4.78, 5) is 11.4. The Balaban J connectivity index is 3.18. The molecule has 3 nitrogen and oxygen atoms in total. The fraction of sp³-hybridized carbons (Fsp3) is 0.308. The van der Waals surface area contributed by atoms with Gasteiger partial charge in [0.25, 0.3) is 0 Å². The molecule has 86 valence electrons. The molecule has 3 heteroatoms. The summed E-state index contributed by atoms with van der Waals surface area (Å²) >= 11 is 0. The van der Waals surface area contributed by atoms with Crippen molar-refractivity contribution >= 4 is 11.5 Å². The van der Waals surface area contributed by atoms with Crippen LogP contribution in [0.1, 0.15) is 28.4 Å². The molecule has 1 rings (SSSR count). The molecule has 1 aromatic carbocycles. The Labute approximate surface area is 95.4 Å². The molecular weight excluding hydrogens is 204 g/mol. The molecule has 0 heterocycles. The molecule has 0 atom stereocenters. The number of benzene rings is 1. The number of aliphatic hydroxyl groups excluding tert-OH is 1. The van der Waals surface area contributed by atoms with Crippen LogP contribution in [0.4, 0.5) is 0 Å². The highest BCUT2D eigenvalue weighted by Crippen LogP contribution is 2.20. The summed E-state index contributed by atoms with van der Waals surface area (Å²) in [7, 11) is 1.36. The zero-order valence-corrected chi connectivity index (χ0v) is 9.78. The first-order chi connectivity index (χ1) is 7.60. The van der Waals surface area contributed by atoms with Gasteiger partial charge in [0.1, 0.15) is 0 Å². The van der Waals surface area contributed by atoms with Gasteiger partial charge in [0.05, 0.1) is 19.3 Å². The molecule has 16 heavy (non-hydrogen) atoms. The second-order valence-corrected chi connectivity index (χ2v) is 3.59. The highest BCUT2D eigenvalue weighted by Gasteiger charge is 2.08. The number of methoxy groups -OCH3 is 1. The van der Waals surface area contributed by atoms with E-state index in [2.05, 4.69) is 4.74 Å². The molecule has 0 saturated carbocycles. The van der Waals surface area contributed by atoms with Gasteiger partial charge in [-0.15, -0.1) is 0 Å². The minimum Gasteiger partial charge on any atom is -0.465 e. The Bertz CT molecular complexity index is 419. The number of esters is 1. The molecule has 0 bridgehead atoms. The van der Waals surface area contributed by atoms with E-state index in [1.165, 1.54) is 7.11 Å². The van der Waals surface area contributed by atoms with Crippen molar-refractivity contribution in [2.24, 2.45) is 0 Å². The maximum Gasteiger partial charge on any atom is 0.337 e. The van der Waals surface area contributed by atoms with E-state index in [1.807, 2.05) is 19.9 Å². The van der Waals surface area contributed by atoms with E-state index in [1.54, 1.807) is 18.2 Å². The number of rotatable bonds is 3. The van der Waals surface area contributed by atoms with E-state index in [0.717, 1.165) is 16.7 Å². The van der Waals surface area contributed by atoms with Crippen LogP contribution in [0.3, 0.4) is 0 Å². The summed E-state index contributed by atoms with van der Waals surface area (Å²) < 4.78 is 4.66. The smallest absolute Gasteiger partial charge is 0.337 e. The Morgan fingerprint density at radius 3 is 2.75 bits per heavy atom. The molecule has 0 aliphatic rings. The summed E-state index contributed by atoms with van der Waals surface area (Å²) in [6, 6.07) is 5.38. The lowest BCUT2D eigenvalue weighted by Crippen LogP contribution is -2.02. The molecule has 0 saturated heterocycles. The van der Waals surface area contributed by atoms with Gasteiger partial charge in [-0.25, -0.2) is 4.79 Å². The number of aryl methyl sites for hydroxylation is 1. The Morgan fingerprint density at radius 2 is 2.19 bits per heavy atom. The van der Waals surface area contributed by atoms with E-state index in [-0.39, 0.29) is 12.6 Å². The van der Waals surface area contributed by atoms with Crippen LogP contribution in [-0.2, 0) is 4.74 Å². The lowest BCUT2D eigenvalue weighted by atomic mass is 9.99. The van der Waals surface area contributed by atoms with Gasteiger partial charge < -0.3 is 9.84 Å². The molecular formula is C13H16O3. The predicted molar refractivity (Wildman–Crippen MR) is 63.3 cm³/mol. The van der Waals surface area contributed by atoms with Crippen molar-refractivity contribution in [3.63, 3.8) is 0 Å². The van der Waals surface area contributed by atoms with Gasteiger partial charge in [-0.2, -0.15) is 0 Å². The average molecular weight is 220 g/mol. The summed E-state index contributed by atoms with van der Waals surface area (Å²) in [6.45, 7) is 3.86. The van der Waals surface area contributed by atoms with Crippen LogP contribution in [0.5, 0.6) is 0 Å². The Morgan fingerprint density at radius 1 is 1.50 bits per heavy atom. The Kier molecular flexibility index (Phi) is 4.26. The minimum atomic E-state index is -0.349. The number of carbonyl (C=O) groups excluding carboxylic acids is 1. The van der Waals surface area contributed by atoms with Gasteiger partial charge in [-0.05, 0) is 42.7 Å². The molecule has 0 aromatic heterocycles. The van der Waals surface area contributed by atoms with E-state index in [9.17, 15) is 4.79 Å². The van der Waals surface area contributed by atoms with Crippen molar-refractivity contribution in [2.45, 2.75) is 13.8 Å². The van der Waals surface area contributed by atoms with Gasteiger partial charge in [-0.1, -0.05) is 12.1 Å². The monoisotopic (exact) mass is 220 g/mol. The zero-order chi connectivity index (χ0) is 12.1. The maximum absolute atomic E-state index is 11.4. The van der Waals surface area contributed by atoms with Crippen LogP contribution in [0.25, 0.3) is 5.57 Å². The van der Waals surface area contributed by atoms with E-state index >= 15 is 0 Å². The first-order valence-corrected chi connectivity index (χ1v) is 5.07. The SMILES string of the molecule is COC(=O)c1ccc(C)c(/C(C)=C\CO)c1. The first-order valence-electron chi connectivity index (χ1n) is 5.07.